The van der Waals surface area contributed by atoms with Crippen molar-refractivity contribution >= 4 is 11.6 Å². The van der Waals surface area contributed by atoms with Crippen molar-refractivity contribution in [2.24, 2.45) is 0 Å². The number of nitrogens with zero attached hydrogens (tertiary/aromatic N) is 3. The molecule has 208 valence electrons. The molecule has 7 nitrogen and oxygen atoms in total. The van der Waals surface area contributed by atoms with Crippen molar-refractivity contribution in [2.45, 2.75) is 63.8 Å². The average molecular weight is 555 g/mol. The topological polar surface area (TPSA) is 75.5 Å². The molecular weight excluding hydrogens is 521 g/mol. The van der Waals surface area contributed by atoms with E-state index in [0.29, 0.717) is 34.7 Å². The number of aromatic amines is 1. The van der Waals surface area contributed by atoms with Gasteiger partial charge >= 0.3 is 6.18 Å². The van der Waals surface area contributed by atoms with Crippen LogP contribution in [0.5, 0.6) is 0 Å². The number of H-pyrrole nitrogens is 1. The Kier molecular flexibility index (Phi) is 8.30. The zero-order valence-corrected chi connectivity index (χ0v) is 23.0. The standard InChI is InChI=1S/C27H34ClF3N4O3/c1-6-38-22(34(3)4)10-16-8-7-9-18(23(16)28)19-13-32-24(21(19)15-37-5)20-14-33-35(25(20)27(29,30)31)17-11-26(2,36)12-17/h7-9,13-14,17,22,32,36H,6,10-12,15H2,1-5H3. The molecule has 1 saturated carbocycles. The van der Waals surface area contributed by atoms with Crippen LogP contribution in [0.2, 0.25) is 5.02 Å². The Morgan fingerprint density at radius 2 is 1.97 bits per heavy atom. The lowest BCUT2D eigenvalue weighted by molar-refractivity contribution is -0.148. The summed E-state index contributed by atoms with van der Waals surface area (Å²) >= 11 is 6.87. The molecule has 1 aromatic carbocycles. The van der Waals surface area contributed by atoms with Gasteiger partial charge in [-0.2, -0.15) is 18.3 Å². The number of aromatic nitrogens is 3. The largest absolute Gasteiger partial charge is 0.433 e. The van der Waals surface area contributed by atoms with Gasteiger partial charge in [-0.1, -0.05) is 29.8 Å². The van der Waals surface area contributed by atoms with Crippen LogP contribution in [0.3, 0.4) is 0 Å². The third kappa shape index (κ3) is 5.65. The highest BCUT2D eigenvalue weighted by atomic mass is 35.5. The Bertz CT molecular complexity index is 1260. The summed E-state index contributed by atoms with van der Waals surface area (Å²) < 4.78 is 55.3. The molecule has 0 aliphatic heterocycles. The first-order valence-corrected chi connectivity index (χ1v) is 12.9. The van der Waals surface area contributed by atoms with Crippen LogP contribution in [0, 0.1) is 0 Å². The molecule has 1 unspecified atom stereocenters. The lowest BCUT2D eigenvalue weighted by Gasteiger charge is -2.41. The Morgan fingerprint density at radius 3 is 2.55 bits per heavy atom. The molecule has 4 rings (SSSR count). The summed E-state index contributed by atoms with van der Waals surface area (Å²) in [5.74, 6) is 0. The van der Waals surface area contributed by atoms with E-state index >= 15 is 0 Å². The summed E-state index contributed by atoms with van der Waals surface area (Å²) in [6.45, 7) is 4.15. The Hall–Kier alpha value is -2.37. The second kappa shape index (κ2) is 11.0. The molecule has 1 atom stereocenters. The lowest BCUT2D eigenvalue weighted by Crippen LogP contribution is -2.43. The third-order valence-electron chi connectivity index (χ3n) is 7.00. The van der Waals surface area contributed by atoms with Crippen molar-refractivity contribution in [3.63, 3.8) is 0 Å². The number of alkyl halides is 3. The molecule has 1 aliphatic carbocycles. The van der Waals surface area contributed by atoms with E-state index in [1.807, 2.05) is 44.1 Å². The lowest BCUT2D eigenvalue weighted by atomic mass is 9.77. The van der Waals surface area contributed by atoms with Gasteiger partial charge in [0.15, 0.2) is 5.69 Å². The number of methoxy groups -OCH3 is 1. The number of nitrogens with one attached hydrogen (secondary N) is 1. The van der Waals surface area contributed by atoms with Gasteiger partial charge in [0.05, 0.1) is 35.2 Å². The molecule has 2 heterocycles. The third-order valence-corrected chi connectivity index (χ3v) is 7.45. The molecule has 0 radical (unpaired) electrons. The van der Waals surface area contributed by atoms with Crippen LogP contribution in [-0.2, 0) is 28.7 Å². The zero-order chi connectivity index (χ0) is 27.8. The van der Waals surface area contributed by atoms with E-state index in [-0.39, 0.29) is 36.9 Å². The van der Waals surface area contributed by atoms with Gasteiger partial charge < -0.3 is 19.6 Å². The van der Waals surface area contributed by atoms with Crippen LogP contribution in [0.1, 0.15) is 49.6 Å². The second-order valence-electron chi connectivity index (χ2n) is 10.3. The normalized spacial score (nSPS) is 20.7. The van der Waals surface area contributed by atoms with Crippen molar-refractivity contribution < 1.29 is 27.8 Å². The maximum Gasteiger partial charge on any atom is 0.433 e. The van der Waals surface area contributed by atoms with Crippen molar-refractivity contribution in [2.75, 3.05) is 27.8 Å². The molecule has 0 bridgehead atoms. The molecular formula is C27H34ClF3N4O3. The van der Waals surface area contributed by atoms with E-state index in [0.717, 1.165) is 10.2 Å². The minimum Gasteiger partial charge on any atom is -0.390 e. The highest BCUT2D eigenvalue weighted by molar-refractivity contribution is 6.34. The molecule has 2 N–H and O–H groups in total. The first-order chi connectivity index (χ1) is 17.9. The van der Waals surface area contributed by atoms with E-state index < -0.39 is 23.5 Å². The van der Waals surface area contributed by atoms with Gasteiger partial charge in [0.2, 0.25) is 0 Å². The van der Waals surface area contributed by atoms with E-state index in [1.165, 1.54) is 13.3 Å². The van der Waals surface area contributed by atoms with E-state index in [9.17, 15) is 18.3 Å². The van der Waals surface area contributed by atoms with Gasteiger partial charge in [-0.15, -0.1) is 0 Å². The molecule has 1 fully saturated rings. The number of likely N-dealkylation sites (N-methyl/N-ethyl adjacent to an activating group) is 1. The van der Waals surface area contributed by atoms with E-state index in [2.05, 4.69) is 10.1 Å². The second-order valence-corrected chi connectivity index (χ2v) is 10.6. The predicted octanol–water partition coefficient (Wildman–Crippen LogP) is 5.92. The van der Waals surface area contributed by atoms with Crippen LogP contribution >= 0.6 is 11.6 Å². The summed E-state index contributed by atoms with van der Waals surface area (Å²) in [5, 5.41) is 14.7. The molecule has 0 saturated heterocycles. The zero-order valence-electron chi connectivity index (χ0n) is 22.2. The number of rotatable bonds is 10. The van der Waals surface area contributed by atoms with Crippen molar-refractivity contribution in [3.05, 3.63) is 52.4 Å². The maximum absolute atomic E-state index is 14.3. The minimum atomic E-state index is -4.65. The molecule has 0 spiro atoms. The molecule has 11 heteroatoms. The van der Waals surface area contributed by atoms with Gasteiger partial charge in [-0.25, -0.2) is 0 Å². The Labute approximate surface area is 225 Å². The monoisotopic (exact) mass is 554 g/mol. The minimum absolute atomic E-state index is 0.0641. The first-order valence-electron chi connectivity index (χ1n) is 12.5. The number of halogens is 4. The number of benzene rings is 1. The molecule has 2 aromatic heterocycles. The Balaban J connectivity index is 1.78. The molecule has 1 aliphatic rings. The molecule has 38 heavy (non-hydrogen) atoms. The smallest absolute Gasteiger partial charge is 0.390 e. The highest BCUT2D eigenvalue weighted by Gasteiger charge is 2.46. The fourth-order valence-corrected chi connectivity index (χ4v) is 5.48. The fourth-order valence-electron chi connectivity index (χ4n) is 5.18. The Morgan fingerprint density at radius 1 is 1.26 bits per heavy atom. The summed E-state index contributed by atoms with van der Waals surface area (Å²) in [6.07, 6.45) is -0.993. The van der Waals surface area contributed by atoms with Gasteiger partial charge in [-0.3, -0.25) is 9.58 Å². The molecule has 0 amide bonds. The van der Waals surface area contributed by atoms with E-state index in [4.69, 9.17) is 21.1 Å². The van der Waals surface area contributed by atoms with Crippen LogP contribution in [0.15, 0.2) is 30.6 Å². The van der Waals surface area contributed by atoms with Gasteiger partial charge in [0, 0.05) is 48.6 Å². The fraction of sp³-hybridized carbons (Fsp3) is 0.519. The maximum atomic E-state index is 14.3. The van der Waals surface area contributed by atoms with Gasteiger partial charge in [0.25, 0.3) is 0 Å². The van der Waals surface area contributed by atoms with Crippen LogP contribution in [0.4, 0.5) is 13.2 Å². The van der Waals surface area contributed by atoms with Crippen molar-refractivity contribution in [1.82, 2.24) is 19.7 Å². The summed E-state index contributed by atoms with van der Waals surface area (Å²) in [4.78, 5) is 5.01. The number of hydrogen-bond donors (Lipinski definition) is 2. The quantitative estimate of drug-likeness (QED) is 0.304. The average Bonchev–Trinajstić information content (AvgIpc) is 3.43. The van der Waals surface area contributed by atoms with Crippen LogP contribution < -0.4 is 0 Å². The number of hydrogen-bond acceptors (Lipinski definition) is 5. The summed E-state index contributed by atoms with van der Waals surface area (Å²) in [6, 6.07) is 5.11. The van der Waals surface area contributed by atoms with Crippen molar-refractivity contribution in [1.29, 1.82) is 0 Å². The van der Waals surface area contributed by atoms with Crippen LogP contribution in [0.25, 0.3) is 22.4 Å². The van der Waals surface area contributed by atoms with Gasteiger partial charge in [0.1, 0.15) is 6.23 Å². The molecule has 3 aromatic rings. The number of aliphatic hydroxyl groups is 1. The number of ether oxygens (including phenoxy) is 2. The first kappa shape index (κ1) is 28.6. The van der Waals surface area contributed by atoms with Crippen molar-refractivity contribution in [3.8, 4) is 22.4 Å². The highest BCUT2D eigenvalue weighted by Crippen LogP contribution is 2.47. The summed E-state index contributed by atoms with van der Waals surface area (Å²) in [5.41, 5.74) is 1.11. The summed E-state index contributed by atoms with van der Waals surface area (Å²) in [7, 11) is 5.35. The van der Waals surface area contributed by atoms with Gasteiger partial charge in [-0.05, 0) is 46.3 Å². The predicted molar refractivity (Wildman–Crippen MR) is 140 cm³/mol. The van der Waals surface area contributed by atoms with Crippen LogP contribution in [-0.4, -0.2) is 64.4 Å². The van der Waals surface area contributed by atoms with E-state index in [1.54, 1.807) is 13.1 Å². The SMILES string of the molecule is CCOC(Cc1cccc(-c2c[nH]c(-c3cnn(C4CC(C)(O)C4)c3C(F)(F)F)c2COC)c1Cl)N(C)C.